The first-order valence-electron chi connectivity index (χ1n) is 10.4. The Kier molecular flexibility index (Phi) is 8.45. The van der Waals surface area contributed by atoms with E-state index in [9.17, 15) is 14.6 Å². The summed E-state index contributed by atoms with van der Waals surface area (Å²) < 4.78 is 24.9. The number of aliphatic hydroxyl groups excluding tert-OH is 2. The molecule has 0 bridgehead atoms. The van der Waals surface area contributed by atoms with Crippen molar-refractivity contribution >= 4 is 0 Å². The molecule has 1 atom stereocenters. The van der Waals surface area contributed by atoms with Crippen molar-refractivity contribution in [1.82, 2.24) is 10.2 Å². The van der Waals surface area contributed by atoms with Gasteiger partial charge >= 0.3 is 0 Å². The molecule has 3 rings (SSSR count). The van der Waals surface area contributed by atoms with Crippen LogP contribution in [0.3, 0.4) is 0 Å². The molecular formula is C23H31FN2O4. The summed E-state index contributed by atoms with van der Waals surface area (Å²) in [5, 5.41) is 23.1. The Labute approximate surface area is 177 Å². The summed E-state index contributed by atoms with van der Waals surface area (Å²) in [5.74, 6) is 0.947. The van der Waals surface area contributed by atoms with Crippen molar-refractivity contribution in [2.24, 2.45) is 0 Å². The van der Waals surface area contributed by atoms with Crippen LogP contribution in [0.15, 0.2) is 42.5 Å². The van der Waals surface area contributed by atoms with Gasteiger partial charge < -0.3 is 29.9 Å². The maximum absolute atomic E-state index is 13.7. The van der Waals surface area contributed by atoms with Gasteiger partial charge in [0.25, 0.3) is 0 Å². The lowest BCUT2D eigenvalue weighted by atomic mass is 10.1. The van der Waals surface area contributed by atoms with E-state index >= 15 is 0 Å². The maximum atomic E-state index is 13.7. The predicted molar refractivity (Wildman–Crippen MR) is 113 cm³/mol. The molecule has 7 heteroatoms. The van der Waals surface area contributed by atoms with Crippen molar-refractivity contribution < 1.29 is 24.1 Å². The second kappa shape index (κ2) is 11.3. The van der Waals surface area contributed by atoms with Crippen molar-refractivity contribution in [3.05, 3.63) is 59.4 Å². The molecule has 6 nitrogen and oxygen atoms in total. The van der Waals surface area contributed by atoms with Crippen LogP contribution in [0, 0.1) is 5.82 Å². The third kappa shape index (κ3) is 6.67. The summed E-state index contributed by atoms with van der Waals surface area (Å²) >= 11 is 0. The zero-order valence-electron chi connectivity index (χ0n) is 17.4. The Morgan fingerprint density at radius 3 is 2.63 bits per heavy atom. The van der Waals surface area contributed by atoms with Crippen LogP contribution in [0.4, 0.5) is 4.39 Å². The Morgan fingerprint density at radius 1 is 1.13 bits per heavy atom. The molecule has 1 saturated heterocycles. The number of halogens is 1. The first-order valence-corrected chi connectivity index (χ1v) is 10.4. The molecule has 0 spiro atoms. The Morgan fingerprint density at radius 2 is 1.90 bits per heavy atom. The number of benzene rings is 2. The number of piperidine rings is 1. The number of likely N-dealkylation sites (tertiary alicyclic amines) is 1. The topological polar surface area (TPSA) is 74.2 Å². The highest BCUT2D eigenvalue weighted by atomic mass is 19.1. The van der Waals surface area contributed by atoms with E-state index in [1.165, 1.54) is 6.07 Å². The number of rotatable bonds is 10. The number of aliphatic hydroxyl groups is 2. The third-order valence-electron chi connectivity index (χ3n) is 5.29. The summed E-state index contributed by atoms with van der Waals surface area (Å²) in [6.45, 7) is 3.26. The molecule has 0 aliphatic carbocycles. The molecule has 1 fully saturated rings. The molecule has 164 valence electrons. The fourth-order valence-corrected chi connectivity index (χ4v) is 3.56. The van der Waals surface area contributed by atoms with Gasteiger partial charge in [0, 0.05) is 38.3 Å². The molecule has 0 saturated carbocycles. The first-order chi connectivity index (χ1) is 14.5. The molecule has 1 unspecified atom stereocenters. The number of methoxy groups -OCH3 is 1. The summed E-state index contributed by atoms with van der Waals surface area (Å²) in [6.07, 6.45) is 0.646. The second-order valence-electron chi connectivity index (χ2n) is 7.68. The minimum absolute atomic E-state index is 0.167. The van der Waals surface area contributed by atoms with Gasteiger partial charge in [0.2, 0.25) is 0 Å². The van der Waals surface area contributed by atoms with Crippen LogP contribution in [0.2, 0.25) is 0 Å². The number of nitrogens with zero attached hydrogens (tertiary/aromatic N) is 1. The molecule has 0 radical (unpaired) electrons. The monoisotopic (exact) mass is 418 g/mol. The highest BCUT2D eigenvalue weighted by Crippen LogP contribution is 2.28. The molecule has 2 aromatic rings. The van der Waals surface area contributed by atoms with E-state index in [1.54, 1.807) is 19.2 Å². The van der Waals surface area contributed by atoms with Gasteiger partial charge in [-0.2, -0.15) is 0 Å². The first kappa shape index (κ1) is 22.5. The minimum Gasteiger partial charge on any atom is -0.493 e. The third-order valence-corrected chi connectivity index (χ3v) is 5.29. The number of ether oxygens (including phenoxy) is 2. The maximum Gasteiger partial charge on any atom is 0.161 e. The molecule has 3 N–H and O–H groups in total. The smallest absolute Gasteiger partial charge is 0.161 e. The lowest BCUT2D eigenvalue weighted by molar-refractivity contribution is 0.0333. The van der Waals surface area contributed by atoms with E-state index in [4.69, 9.17) is 9.47 Å². The number of hydrogen-bond donors (Lipinski definition) is 3. The summed E-state index contributed by atoms with van der Waals surface area (Å²) in [5.41, 5.74) is 1.62. The van der Waals surface area contributed by atoms with Crippen LogP contribution >= 0.6 is 0 Å². The highest BCUT2D eigenvalue weighted by Gasteiger charge is 2.20. The van der Waals surface area contributed by atoms with Gasteiger partial charge in [0.05, 0.1) is 13.2 Å². The van der Waals surface area contributed by atoms with E-state index in [0.29, 0.717) is 36.7 Å². The fourth-order valence-electron chi connectivity index (χ4n) is 3.56. The molecule has 30 heavy (non-hydrogen) atoms. The average Bonchev–Trinajstić information content (AvgIpc) is 2.75. The predicted octanol–water partition coefficient (Wildman–Crippen LogP) is 2.32. The average molecular weight is 419 g/mol. The van der Waals surface area contributed by atoms with Crippen LogP contribution in [0.25, 0.3) is 0 Å². The quantitative estimate of drug-likeness (QED) is 0.550. The van der Waals surface area contributed by atoms with Crippen molar-refractivity contribution in [1.29, 1.82) is 0 Å². The van der Waals surface area contributed by atoms with Gasteiger partial charge in [-0.25, -0.2) is 4.39 Å². The minimum atomic E-state index is -0.618. The van der Waals surface area contributed by atoms with E-state index < -0.39 is 6.10 Å². The van der Waals surface area contributed by atoms with Crippen LogP contribution in [-0.2, 0) is 13.1 Å². The largest absolute Gasteiger partial charge is 0.493 e. The van der Waals surface area contributed by atoms with E-state index in [2.05, 4.69) is 10.2 Å². The normalized spacial score (nSPS) is 16.4. The van der Waals surface area contributed by atoms with Crippen LogP contribution < -0.4 is 14.8 Å². The van der Waals surface area contributed by atoms with E-state index in [-0.39, 0.29) is 18.5 Å². The van der Waals surface area contributed by atoms with E-state index in [1.807, 2.05) is 24.3 Å². The molecule has 1 aliphatic rings. The van der Waals surface area contributed by atoms with Gasteiger partial charge in [0.1, 0.15) is 18.5 Å². The molecule has 0 amide bonds. The molecule has 0 aromatic heterocycles. The van der Waals surface area contributed by atoms with Gasteiger partial charge in [-0.1, -0.05) is 24.3 Å². The van der Waals surface area contributed by atoms with Gasteiger partial charge in [-0.3, -0.25) is 0 Å². The van der Waals surface area contributed by atoms with Gasteiger partial charge in [0.15, 0.2) is 11.5 Å². The van der Waals surface area contributed by atoms with E-state index in [0.717, 1.165) is 31.5 Å². The molecular weight excluding hydrogens is 387 g/mol. The summed E-state index contributed by atoms with van der Waals surface area (Å²) in [7, 11) is 1.58. The van der Waals surface area contributed by atoms with Crippen LogP contribution in [0.1, 0.15) is 24.0 Å². The highest BCUT2D eigenvalue weighted by molar-refractivity contribution is 5.43. The van der Waals surface area contributed by atoms with Gasteiger partial charge in [-0.05, 0) is 36.6 Å². The van der Waals surface area contributed by atoms with Crippen LogP contribution in [-0.4, -0.2) is 60.7 Å². The summed E-state index contributed by atoms with van der Waals surface area (Å²) in [4.78, 5) is 2.14. The Balaban J connectivity index is 1.47. The number of β-amino-alcohol motifs (C(OH)–C–C–N with tert-alkyl or cyclic N) is 1. The van der Waals surface area contributed by atoms with Crippen molar-refractivity contribution in [3.8, 4) is 11.5 Å². The summed E-state index contributed by atoms with van der Waals surface area (Å²) in [6, 6.07) is 12.3. The number of hydrogen-bond acceptors (Lipinski definition) is 6. The lowest BCUT2D eigenvalue weighted by Crippen LogP contribution is -2.41. The van der Waals surface area contributed by atoms with Gasteiger partial charge in [-0.15, -0.1) is 0 Å². The van der Waals surface area contributed by atoms with Crippen molar-refractivity contribution in [3.63, 3.8) is 0 Å². The zero-order chi connectivity index (χ0) is 21.3. The van der Waals surface area contributed by atoms with Crippen molar-refractivity contribution in [2.75, 3.05) is 33.4 Å². The van der Waals surface area contributed by atoms with Crippen molar-refractivity contribution in [2.45, 2.75) is 38.1 Å². The number of nitrogens with one attached hydrogen (secondary N) is 1. The fraction of sp³-hybridized carbons (Fsp3) is 0.478. The lowest BCUT2D eigenvalue weighted by Gasteiger charge is -2.30. The molecule has 1 heterocycles. The second-order valence-corrected chi connectivity index (χ2v) is 7.68. The Bertz CT molecular complexity index is 797. The van der Waals surface area contributed by atoms with Crippen LogP contribution in [0.5, 0.6) is 11.5 Å². The molecule has 1 aliphatic heterocycles. The Hall–Kier alpha value is -2.19. The SMILES string of the molecule is COc1cc(CNCc2ccccc2F)ccc1OCC(O)CN1CCC(O)CC1. The zero-order valence-corrected chi connectivity index (χ0v) is 17.4. The standard InChI is InChI=1S/C23H31FN2O4/c1-29-23-12-17(13-25-14-18-4-2-3-5-21(18)24)6-7-22(23)30-16-20(28)15-26-10-8-19(27)9-11-26/h2-7,12,19-20,25,27-28H,8-11,13-16H2,1H3. The molecule has 2 aromatic carbocycles.